The van der Waals surface area contributed by atoms with E-state index in [9.17, 15) is 4.79 Å². The van der Waals surface area contributed by atoms with Gasteiger partial charge in [0.15, 0.2) is 5.75 Å². The highest BCUT2D eigenvalue weighted by molar-refractivity contribution is 7.99. The van der Waals surface area contributed by atoms with Gasteiger partial charge in [-0.05, 0) is 92.0 Å². The molecule has 1 amide bonds. The average Bonchev–Trinajstić information content (AvgIpc) is 2.78. The quantitative estimate of drug-likeness (QED) is 0.591. The second kappa shape index (κ2) is 8.85. The van der Waals surface area contributed by atoms with Gasteiger partial charge in [0.25, 0.3) is 0 Å². The van der Waals surface area contributed by atoms with Crippen molar-refractivity contribution in [3.8, 4) is 17.2 Å². The van der Waals surface area contributed by atoms with Crippen LogP contribution >= 0.6 is 11.8 Å². The fourth-order valence-electron chi connectivity index (χ4n) is 6.40. The van der Waals surface area contributed by atoms with E-state index in [1.807, 2.05) is 18.2 Å². The Morgan fingerprint density at radius 1 is 1.06 bits per heavy atom. The van der Waals surface area contributed by atoms with E-state index in [0.29, 0.717) is 23.1 Å². The van der Waals surface area contributed by atoms with Crippen LogP contribution in [0.15, 0.2) is 46.5 Å². The molecule has 4 saturated carbocycles. The number of hydrogen-bond donors (Lipinski definition) is 1. The van der Waals surface area contributed by atoms with Crippen molar-refractivity contribution in [1.82, 2.24) is 10.3 Å². The van der Waals surface area contributed by atoms with Gasteiger partial charge in [0.1, 0.15) is 16.5 Å². The van der Waals surface area contributed by atoms with Crippen LogP contribution in [0.25, 0.3) is 0 Å². The lowest BCUT2D eigenvalue weighted by Gasteiger charge is -2.56. The molecule has 1 aromatic heterocycles. The third-order valence-electron chi connectivity index (χ3n) is 7.29. The molecule has 4 bridgehead atoms. The lowest BCUT2D eigenvalue weighted by molar-refractivity contribution is -0.0503. The molecule has 1 N–H and O–H groups in total. The average molecular weight is 455 g/mol. The third-order valence-corrected chi connectivity index (χ3v) is 8.33. The maximum absolute atomic E-state index is 12.7. The number of aromatic nitrogens is 1. The highest BCUT2D eigenvalue weighted by atomic mass is 32.2. The first-order valence-electron chi connectivity index (χ1n) is 11.4. The summed E-state index contributed by atoms with van der Waals surface area (Å²) in [5.74, 6) is 4.44. The summed E-state index contributed by atoms with van der Waals surface area (Å²) < 4.78 is 16.5. The topological polar surface area (TPSA) is 69.7 Å². The Morgan fingerprint density at radius 2 is 1.78 bits per heavy atom. The number of ether oxygens (including phenoxy) is 3. The Bertz CT molecular complexity index is 960. The van der Waals surface area contributed by atoms with Gasteiger partial charge in [-0.25, -0.2) is 9.78 Å². The second-order valence-corrected chi connectivity index (χ2v) is 10.6. The number of nitrogens with zero attached hydrogens (tertiary/aromatic N) is 1. The van der Waals surface area contributed by atoms with Crippen molar-refractivity contribution in [2.24, 2.45) is 23.2 Å². The largest absolute Gasteiger partial charge is 0.497 e. The number of hydrogen-bond acceptors (Lipinski definition) is 6. The first-order valence-corrected chi connectivity index (χ1v) is 12.2. The second-order valence-electron chi connectivity index (χ2n) is 9.59. The molecule has 7 heteroatoms. The lowest BCUT2D eigenvalue weighted by Crippen LogP contribution is -2.51. The molecule has 1 aromatic carbocycles. The normalized spacial score (nSPS) is 27.8. The SMILES string of the molecule is COc1ccc(OC)c(Sc2ncccc2OC(=O)NCC23CC4CC(CC(C4)C2)C3)c1. The molecule has 0 unspecified atom stereocenters. The lowest BCUT2D eigenvalue weighted by atomic mass is 9.49. The van der Waals surface area contributed by atoms with Crippen LogP contribution in [0, 0.1) is 23.2 Å². The van der Waals surface area contributed by atoms with E-state index in [2.05, 4.69) is 10.3 Å². The van der Waals surface area contributed by atoms with Crippen LogP contribution in [0.2, 0.25) is 0 Å². The van der Waals surface area contributed by atoms with Crippen molar-refractivity contribution in [1.29, 1.82) is 0 Å². The maximum atomic E-state index is 12.7. The molecule has 0 spiro atoms. The van der Waals surface area contributed by atoms with Crippen LogP contribution in [0.4, 0.5) is 4.79 Å². The van der Waals surface area contributed by atoms with E-state index < -0.39 is 6.09 Å². The number of benzene rings is 1. The fraction of sp³-hybridized carbons (Fsp3) is 0.520. The molecule has 4 fully saturated rings. The first-order chi connectivity index (χ1) is 15.6. The Labute approximate surface area is 193 Å². The number of carbonyl (C=O) groups is 1. The Kier molecular flexibility index (Phi) is 5.93. The van der Waals surface area contributed by atoms with Gasteiger partial charge in [-0.1, -0.05) is 11.8 Å². The van der Waals surface area contributed by atoms with Gasteiger partial charge in [0.2, 0.25) is 0 Å². The number of methoxy groups -OCH3 is 2. The molecule has 0 aliphatic heterocycles. The Balaban J connectivity index is 1.25. The van der Waals surface area contributed by atoms with Gasteiger partial charge in [-0.15, -0.1) is 0 Å². The first kappa shape index (κ1) is 21.4. The van der Waals surface area contributed by atoms with Crippen molar-refractivity contribution < 1.29 is 19.0 Å². The van der Waals surface area contributed by atoms with E-state index in [1.165, 1.54) is 50.3 Å². The molecule has 4 aliphatic rings. The third kappa shape index (κ3) is 4.40. The number of pyridine rings is 1. The highest BCUT2D eigenvalue weighted by Gasteiger charge is 2.50. The summed E-state index contributed by atoms with van der Waals surface area (Å²) in [5, 5.41) is 3.68. The number of nitrogens with one attached hydrogen (secondary N) is 1. The molecule has 170 valence electrons. The summed E-state index contributed by atoms with van der Waals surface area (Å²) in [5.41, 5.74) is 0.272. The molecule has 4 aliphatic carbocycles. The summed E-state index contributed by atoms with van der Waals surface area (Å²) in [6.07, 6.45) is 9.23. The van der Waals surface area contributed by atoms with Crippen molar-refractivity contribution in [2.45, 2.75) is 48.4 Å². The molecule has 32 heavy (non-hydrogen) atoms. The number of amides is 1. The molecule has 0 radical (unpaired) electrons. The van der Waals surface area contributed by atoms with Crippen LogP contribution in [-0.4, -0.2) is 31.8 Å². The van der Waals surface area contributed by atoms with Gasteiger partial charge >= 0.3 is 6.09 Å². The van der Waals surface area contributed by atoms with E-state index in [0.717, 1.165) is 28.4 Å². The van der Waals surface area contributed by atoms with E-state index in [4.69, 9.17) is 14.2 Å². The molecule has 6 rings (SSSR count). The maximum Gasteiger partial charge on any atom is 0.412 e. The molecule has 0 saturated heterocycles. The van der Waals surface area contributed by atoms with E-state index in [-0.39, 0.29) is 5.41 Å². The molecule has 6 nitrogen and oxygen atoms in total. The van der Waals surface area contributed by atoms with Crippen molar-refractivity contribution in [3.05, 3.63) is 36.5 Å². The minimum atomic E-state index is -0.409. The van der Waals surface area contributed by atoms with Gasteiger partial charge < -0.3 is 19.5 Å². The van der Waals surface area contributed by atoms with Crippen molar-refractivity contribution >= 4 is 17.9 Å². The van der Waals surface area contributed by atoms with Crippen LogP contribution < -0.4 is 19.5 Å². The molecule has 0 atom stereocenters. The van der Waals surface area contributed by atoms with Crippen LogP contribution in [0.5, 0.6) is 17.2 Å². The zero-order chi connectivity index (χ0) is 22.1. The zero-order valence-corrected chi connectivity index (χ0v) is 19.5. The number of carbonyl (C=O) groups excluding carboxylic acids is 1. The summed E-state index contributed by atoms with van der Waals surface area (Å²) >= 11 is 1.38. The Hall–Kier alpha value is -2.41. The predicted molar refractivity (Wildman–Crippen MR) is 123 cm³/mol. The molecule has 1 heterocycles. The van der Waals surface area contributed by atoms with Crippen LogP contribution in [-0.2, 0) is 0 Å². The number of rotatable bonds is 7. The standard InChI is InChI=1S/C25H30N2O4S/c1-29-19-5-6-20(30-2)22(11-19)32-23-21(4-3-7-26-23)31-24(28)27-15-25-12-16-8-17(13-25)10-18(9-16)14-25/h3-7,11,16-18H,8-10,12-15H2,1-2H3,(H,27,28). The van der Waals surface area contributed by atoms with Gasteiger partial charge in [-0.3, -0.25) is 0 Å². The predicted octanol–water partition coefficient (Wildman–Crippen LogP) is 5.55. The molecule has 2 aromatic rings. The van der Waals surface area contributed by atoms with Crippen LogP contribution in [0.1, 0.15) is 38.5 Å². The summed E-state index contributed by atoms with van der Waals surface area (Å²) in [6.45, 7) is 0.710. The Morgan fingerprint density at radius 3 is 2.44 bits per heavy atom. The zero-order valence-electron chi connectivity index (χ0n) is 18.6. The minimum absolute atomic E-state index is 0.272. The molecular formula is C25H30N2O4S. The summed E-state index contributed by atoms with van der Waals surface area (Å²) in [6, 6.07) is 9.12. The summed E-state index contributed by atoms with van der Waals surface area (Å²) in [7, 11) is 3.25. The minimum Gasteiger partial charge on any atom is -0.497 e. The van der Waals surface area contributed by atoms with Gasteiger partial charge in [-0.2, -0.15) is 0 Å². The summed E-state index contributed by atoms with van der Waals surface area (Å²) in [4.78, 5) is 18.0. The smallest absolute Gasteiger partial charge is 0.412 e. The fourth-order valence-corrected chi connectivity index (χ4v) is 7.36. The van der Waals surface area contributed by atoms with Gasteiger partial charge in [0, 0.05) is 12.7 Å². The monoisotopic (exact) mass is 454 g/mol. The van der Waals surface area contributed by atoms with E-state index >= 15 is 0 Å². The highest BCUT2D eigenvalue weighted by Crippen LogP contribution is 2.59. The van der Waals surface area contributed by atoms with Gasteiger partial charge in [0.05, 0.1) is 19.1 Å². The van der Waals surface area contributed by atoms with Crippen molar-refractivity contribution in [2.75, 3.05) is 20.8 Å². The van der Waals surface area contributed by atoms with Crippen molar-refractivity contribution in [3.63, 3.8) is 0 Å². The van der Waals surface area contributed by atoms with E-state index in [1.54, 1.807) is 32.5 Å². The molecular weight excluding hydrogens is 424 g/mol. The van der Waals surface area contributed by atoms with Crippen LogP contribution in [0.3, 0.4) is 0 Å².